The average molecular weight is 193 g/mol. The van der Waals surface area contributed by atoms with Gasteiger partial charge in [0.2, 0.25) is 0 Å². The lowest BCUT2D eigenvalue weighted by Gasteiger charge is -2.07. The van der Waals surface area contributed by atoms with Crippen LogP contribution in [-0.4, -0.2) is 12.4 Å². The van der Waals surface area contributed by atoms with Gasteiger partial charge in [-0.2, -0.15) is 0 Å². The third kappa shape index (κ3) is 2.76. The summed E-state index contributed by atoms with van der Waals surface area (Å²) >= 11 is 0. The Balaban J connectivity index is 2.83. The number of ketones is 1. The molecular weight excluding hydrogens is 178 g/mol. The lowest BCUT2D eigenvalue weighted by molar-refractivity contribution is -0.116. The van der Waals surface area contributed by atoms with Crippen LogP contribution in [0.4, 0.5) is 5.69 Å². The highest BCUT2D eigenvalue weighted by Crippen LogP contribution is 2.22. The fourth-order valence-electron chi connectivity index (χ4n) is 1.28. The molecule has 0 fully saturated rings. The minimum atomic E-state index is 0.133. The molecule has 0 aliphatic heterocycles. The van der Waals surface area contributed by atoms with Crippen LogP contribution < -0.4 is 10.5 Å². The number of anilines is 1. The summed E-state index contributed by atoms with van der Waals surface area (Å²) in [7, 11) is 0. The van der Waals surface area contributed by atoms with Gasteiger partial charge in [-0.25, -0.2) is 0 Å². The Hall–Kier alpha value is -1.51. The zero-order chi connectivity index (χ0) is 10.6. The van der Waals surface area contributed by atoms with E-state index in [9.17, 15) is 4.79 Å². The van der Waals surface area contributed by atoms with E-state index in [2.05, 4.69) is 0 Å². The smallest absolute Gasteiger partial charge is 0.142 e. The summed E-state index contributed by atoms with van der Waals surface area (Å²) in [6.45, 7) is 4.06. The molecule has 0 aromatic heterocycles. The number of hydrogen-bond donors (Lipinski definition) is 1. The van der Waals surface area contributed by atoms with E-state index in [1.54, 1.807) is 19.1 Å². The Morgan fingerprint density at radius 3 is 2.71 bits per heavy atom. The summed E-state index contributed by atoms with van der Waals surface area (Å²) in [6, 6.07) is 5.45. The molecule has 0 aliphatic carbocycles. The molecule has 76 valence electrons. The van der Waals surface area contributed by atoms with E-state index in [4.69, 9.17) is 10.5 Å². The van der Waals surface area contributed by atoms with Crippen molar-refractivity contribution >= 4 is 11.5 Å². The predicted molar refractivity (Wildman–Crippen MR) is 56.4 cm³/mol. The molecule has 3 nitrogen and oxygen atoms in total. The quantitative estimate of drug-likeness (QED) is 0.742. The van der Waals surface area contributed by atoms with Crippen molar-refractivity contribution in [2.75, 3.05) is 12.3 Å². The van der Waals surface area contributed by atoms with Crippen LogP contribution in [0.3, 0.4) is 0 Å². The third-order valence-corrected chi connectivity index (χ3v) is 1.83. The highest BCUT2D eigenvalue weighted by Gasteiger charge is 2.02. The van der Waals surface area contributed by atoms with Gasteiger partial charge in [0.25, 0.3) is 0 Å². The van der Waals surface area contributed by atoms with Crippen LogP contribution in [0.5, 0.6) is 5.75 Å². The second-order valence-electron chi connectivity index (χ2n) is 3.18. The zero-order valence-electron chi connectivity index (χ0n) is 8.54. The fraction of sp³-hybridized carbons (Fsp3) is 0.364. The number of benzene rings is 1. The van der Waals surface area contributed by atoms with Crippen molar-refractivity contribution in [3.8, 4) is 5.75 Å². The van der Waals surface area contributed by atoms with Gasteiger partial charge < -0.3 is 10.5 Å². The first-order valence-corrected chi connectivity index (χ1v) is 4.64. The van der Waals surface area contributed by atoms with Crippen molar-refractivity contribution in [2.24, 2.45) is 0 Å². The number of nitrogen functional groups attached to an aromatic ring is 1. The molecule has 0 amide bonds. The normalized spacial score (nSPS) is 9.86. The molecule has 3 heteroatoms. The first-order valence-electron chi connectivity index (χ1n) is 4.64. The number of rotatable bonds is 4. The molecule has 2 N–H and O–H groups in total. The van der Waals surface area contributed by atoms with E-state index in [1.807, 2.05) is 13.0 Å². The van der Waals surface area contributed by atoms with Crippen LogP contribution in [0.2, 0.25) is 0 Å². The lowest BCUT2D eigenvalue weighted by atomic mass is 10.1. The zero-order valence-corrected chi connectivity index (χ0v) is 8.54. The van der Waals surface area contributed by atoms with E-state index in [-0.39, 0.29) is 5.78 Å². The van der Waals surface area contributed by atoms with Crippen molar-refractivity contribution in [3.63, 3.8) is 0 Å². The Kier molecular flexibility index (Phi) is 3.51. The van der Waals surface area contributed by atoms with E-state index in [1.165, 1.54) is 0 Å². The van der Waals surface area contributed by atoms with E-state index < -0.39 is 0 Å². The Labute approximate surface area is 83.9 Å². The maximum Gasteiger partial charge on any atom is 0.142 e. The summed E-state index contributed by atoms with van der Waals surface area (Å²) in [5, 5.41) is 0. The highest BCUT2D eigenvalue weighted by atomic mass is 16.5. The molecule has 1 rings (SSSR count). The molecule has 0 heterocycles. The number of hydrogen-bond acceptors (Lipinski definition) is 3. The Morgan fingerprint density at radius 1 is 1.50 bits per heavy atom. The van der Waals surface area contributed by atoms with Gasteiger partial charge in [0.15, 0.2) is 0 Å². The molecular formula is C11H15NO2. The number of Topliss-reactive ketones (excluding diaryl/α,β-unsaturated/α-hetero) is 1. The van der Waals surface area contributed by atoms with E-state index in [0.29, 0.717) is 24.5 Å². The average Bonchev–Trinajstić information content (AvgIpc) is 2.09. The first kappa shape index (κ1) is 10.6. The molecule has 0 bridgehead atoms. The van der Waals surface area contributed by atoms with Gasteiger partial charge in [-0.3, -0.25) is 4.79 Å². The van der Waals surface area contributed by atoms with Crippen molar-refractivity contribution in [1.29, 1.82) is 0 Å². The van der Waals surface area contributed by atoms with Gasteiger partial charge in [-0.05, 0) is 31.5 Å². The summed E-state index contributed by atoms with van der Waals surface area (Å²) in [5.74, 6) is 0.813. The molecule has 0 spiro atoms. The van der Waals surface area contributed by atoms with Crippen LogP contribution >= 0.6 is 0 Å². The van der Waals surface area contributed by atoms with Gasteiger partial charge in [0, 0.05) is 6.42 Å². The van der Waals surface area contributed by atoms with Crippen molar-refractivity contribution < 1.29 is 9.53 Å². The van der Waals surface area contributed by atoms with Crippen molar-refractivity contribution in [2.45, 2.75) is 20.3 Å². The number of carbonyl (C=O) groups is 1. The van der Waals surface area contributed by atoms with Gasteiger partial charge in [0.05, 0.1) is 12.3 Å². The van der Waals surface area contributed by atoms with Crippen LogP contribution in [0.25, 0.3) is 0 Å². The number of ether oxygens (including phenoxy) is 1. The predicted octanol–water partition coefficient (Wildman–Crippen LogP) is 1.80. The molecule has 0 atom stereocenters. The molecule has 0 radical (unpaired) electrons. The van der Waals surface area contributed by atoms with Gasteiger partial charge in [-0.1, -0.05) is 6.07 Å². The SMILES string of the molecule is CCOc1ccc(CC(C)=O)cc1N. The summed E-state index contributed by atoms with van der Waals surface area (Å²) < 4.78 is 5.29. The minimum absolute atomic E-state index is 0.133. The second kappa shape index (κ2) is 4.65. The number of carbonyl (C=O) groups excluding carboxylic acids is 1. The Bertz CT molecular complexity index is 334. The first-order chi connectivity index (χ1) is 6.63. The maximum atomic E-state index is 10.9. The van der Waals surface area contributed by atoms with E-state index >= 15 is 0 Å². The maximum absolute atomic E-state index is 10.9. The highest BCUT2D eigenvalue weighted by molar-refractivity contribution is 5.78. The molecule has 14 heavy (non-hydrogen) atoms. The molecule has 1 aromatic carbocycles. The topological polar surface area (TPSA) is 52.3 Å². The Morgan fingerprint density at radius 2 is 2.21 bits per heavy atom. The molecule has 0 saturated heterocycles. The molecule has 0 aliphatic rings. The van der Waals surface area contributed by atoms with Crippen molar-refractivity contribution in [3.05, 3.63) is 23.8 Å². The molecule has 0 saturated carbocycles. The number of nitrogens with two attached hydrogens (primary N) is 1. The van der Waals surface area contributed by atoms with Crippen LogP contribution in [0, 0.1) is 0 Å². The van der Waals surface area contributed by atoms with Crippen LogP contribution in [0.15, 0.2) is 18.2 Å². The third-order valence-electron chi connectivity index (χ3n) is 1.83. The monoisotopic (exact) mass is 193 g/mol. The lowest BCUT2D eigenvalue weighted by Crippen LogP contribution is -2.00. The fourth-order valence-corrected chi connectivity index (χ4v) is 1.28. The molecule has 1 aromatic rings. The van der Waals surface area contributed by atoms with Crippen molar-refractivity contribution in [1.82, 2.24) is 0 Å². The summed E-state index contributed by atoms with van der Waals surface area (Å²) in [5.41, 5.74) is 7.26. The van der Waals surface area contributed by atoms with Gasteiger partial charge >= 0.3 is 0 Å². The standard InChI is InChI=1S/C11H15NO2/c1-3-14-11-5-4-9(6-8(2)13)7-10(11)12/h4-5,7H,3,6,12H2,1-2H3. The van der Waals surface area contributed by atoms with Crippen LogP contribution in [-0.2, 0) is 11.2 Å². The van der Waals surface area contributed by atoms with Gasteiger partial charge in [0.1, 0.15) is 11.5 Å². The minimum Gasteiger partial charge on any atom is -0.492 e. The van der Waals surface area contributed by atoms with Gasteiger partial charge in [-0.15, -0.1) is 0 Å². The van der Waals surface area contributed by atoms with E-state index in [0.717, 1.165) is 5.56 Å². The van der Waals surface area contributed by atoms with Crippen LogP contribution in [0.1, 0.15) is 19.4 Å². The summed E-state index contributed by atoms with van der Waals surface area (Å²) in [6.07, 6.45) is 0.427. The second-order valence-corrected chi connectivity index (χ2v) is 3.18. The largest absolute Gasteiger partial charge is 0.492 e. The summed E-state index contributed by atoms with van der Waals surface area (Å²) in [4.78, 5) is 10.9. The molecule has 0 unspecified atom stereocenters.